The molecule has 20 heavy (non-hydrogen) atoms. The van der Waals surface area contributed by atoms with Crippen molar-refractivity contribution >= 4 is 0 Å². The topological polar surface area (TPSA) is 3.24 Å². The minimum atomic E-state index is 0.887. The monoisotopic (exact) mass is 273 g/mol. The lowest BCUT2D eigenvalue weighted by atomic mass is 10.0. The van der Waals surface area contributed by atoms with Crippen molar-refractivity contribution in [3.8, 4) is 0 Å². The maximum Gasteiger partial charge on any atom is -0.00159 e. The van der Waals surface area contributed by atoms with Gasteiger partial charge in [0.25, 0.3) is 0 Å². The van der Waals surface area contributed by atoms with E-state index < -0.39 is 0 Å². The molecule has 0 radical (unpaired) electrons. The quantitative estimate of drug-likeness (QED) is 0.630. The Labute approximate surface area is 125 Å². The first kappa shape index (κ1) is 15.6. The maximum absolute atomic E-state index is 2.70. The van der Waals surface area contributed by atoms with Crippen LogP contribution < -0.4 is 0 Å². The molecule has 1 aromatic rings. The van der Waals surface area contributed by atoms with Gasteiger partial charge in [0.2, 0.25) is 0 Å². The van der Waals surface area contributed by atoms with Crippen molar-refractivity contribution in [3.05, 3.63) is 35.4 Å². The molecule has 0 bridgehead atoms. The summed E-state index contributed by atoms with van der Waals surface area (Å²) >= 11 is 0. The van der Waals surface area contributed by atoms with E-state index in [4.69, 9.17) is 0 Å². The Morgan fingerprint density at radius 1 is 0.900 bits per heavy atom. The van der Waals surface area contributed by atoms with E-state index >= 15 is 0 Å². The smallest absolute Gasteiger partial charge is 0.00159 e. The zero-order chi connectivity index (χ0) is 14.2. The van der Waals surface area contributed by atoms with Crippen molar-refractivity contribution in [2.75, 3.05) is 19.6 Å². The van der Waals surface area contributed by atoms with E-state index in [1.54, 1.807) is 11.1 Å². The molecular formula is C19H31N. The Morgan fingerprint density at radius 3 is 1.95 bits per heavy atom. The second-order valence-corrected chi connectivity index (χ2v) is 6.38. The highest BCUT2D eigenvalue weighted by Crippen LogP contribution is 2.28. The lowest BCUT2D eigenvalue weighted by Gasteiger charge is -2.23. The van der Waals surface area contributed by atoms with Gasteiger partial charge in [0.05, 0.1) is 0 Å². The average Bonchev–Trinajstić information content (AvgIpc) is 2.89. The van der Waals surface area contributed by atoms with Gasteiger partial charge in [-0.15, -0.1) is 0 Å². The van der Waals surface area contributed by atoms with Crippen LogP contribution in [0.1, 0.15) is 57.1 Å². The predicted molar refractivity (Wildman–Crippen MR) is 88.2 cm³/mol. The highest BCUT2D eigenvalue weighted by Gasteiger charge is 2.21. The molecule has 0 saturated heterocycles. The van der Waals surface area contributed by atoms with Crippen molar-refractivity contribution in [3.63, 3.8) is 0 Å². The second kappa shape index (κ2) is 8.46. The number of hydrogen-bond donors (Lipinski definition) is 0. The first-order valence-corrected chi connectivity index (χ1v) is 8.62. The normalized spacial score (nSPS) is 14.9. The van der Waals surface area contributed by atoms with Crippen molar-refractivity contribution in [1.82, 2.24) is 4.90 Å². The Balaban J connectivity index is 1.75. The zero-order valence-corrected chi connectivity index (χ0v) is 13.4. The summed E-state index contributed by atoms with van der Waals surface area (Å²) in [5.74, 6) is 0.887. The molecule has 0 unspecified atom stereocenters. The van der Waals surface area contributed by atoms with Crippen LogP contribution >= 0.6 is 0 Å². The highest BCUT2D eigenvalue weighted by molar-refractivity contribution is 5.31. The third kappa shape index (κ3) is 4.63. The summed E-state index contributed by atoms with van der Waals surface area (Å²) in [5.41, 5.74) is 3.21. The van der Waals surface area contributed by atoms with Crippen LogP contribution in [-0.4, -0.2) is 24.5 Å². The molecule has 1 aromatic carbocycles. The molecule has 1 aliphatic carbocycles. The fourth-order valence-corrected chi connectivity index (χ4v) is 3.32. The fraction of sp³-hybridized carbons (Fsp3) is 0.684. The van der Waals surface area contributed by atoms with Crippen LogP contribution in [0.5, 0.6) is 0 Å². The summed E-state index contributed by atoms with van der Waals surface area (Å²) in [7, 11) is 0. The van der Waals surface area contributed by atoms with Crippen molar-refractivity contribution < 1.29 is 0 Å². The molecule has 1 heteroatoms. The Kier molecular flexibility index (Phi) is 6.59. The summed E-state index contributed by atoms with van der Waals surface area (Å²) in [6.07, 6.45) is 9.34. The minimum absolute atomic E-state index is 0.887. The molecule has 0 saturated carbocycles. The molecule has 112 valence electrons. The van der Waals surface area contributed by atoms with E-state index in [9.17, 15) is 0 Å². The highest BCUT2D eigenvalue weighted by atomic mass is 15.1. The van der Waals surface area contributed by atoms with E-state index in [0.717, 1.165) is 5.92 Å². The lowest BCUT2D eigenvalue weighted by Crippen LogP contribution is -2.28. The third-order valence-electron chi connectivity index (χ3n) is 4.64. The number of fused-ring (bicyclic) bond motifs is 1. The predicted octanol–water partition coefficient (Wildman–Crippen LogP) is 4.69. The molecule has 0 aliphatic heterocycles. The van der Waals surface area contributed by atoms with Gasteiger partial charge < -0.3 is 4.90 Å². The average molecular weight is 273 g/mol. The molecule has 1 aliphatic rings. The van der Waals surface area contributed by atoms with Crippen LogP contribution in [0, 0.1) is 5.92 Å². The summed E-state index contributed by atoms with van der Waals surface area (Å²) in [6, 6.07) is 9.02. The van der Waals surface area contributed by atoms with Gasteiger partial charge in [-0.25, -0.2) is 0 Å². The van der Waals surface area contributed by atoms with Crippen molar-refractivity contribution in [1.29, 1.82) is 0 Å². The van der Waals surface area contributed by atoms with Crippen LogP contribution in [0.4, 0.5) is 0 Å². The van der Waals surface area contributed by atoms with Crippen LogP contribution in [-0.2, 0) is 12.8 Å². The molecule has 0 amide bonds. The van der Waals surface area contributed by atoms with Crippen LogP contribution in [0.15, 0.2) is 24.3 Å². The molecule has 0 spiro atoms. The lowest BCUT2D eigenvalue weighted by molar-refractivity contribution is 0.245. The maximum atomic E-state index is 2.70. The largest absolute Gasteiger partial charge is 0.303 e. The number of hydrogen-bond acceptors (Lipinski definition) is 1. The van der Waals surface area contributed by atoms with E-state index in [-0.39, 0.29) is 0 Å². The number of unbranched alkanes of at least 4 members (excludes halogenated alkanes) is 2. The van der Waals surface area contributed by atoms with Gasteiger partial charge in [0, 0.05) is 0 Å². The second-order valence-electron chi connectivity index (χ2n) is 6.38. The van der Waals surface area contributed by atoms with E-state index in [2.05, 4.69) is 43.0 Å². The van der Waals surface area contributed by atoms with Gasteiger partial charge in [-0.2, -0.15) is 0 Å². The SMILES string of the molecule is CCCCN(CCCC)CCC1Cc2ccccc2C1. The minimum Gasteiger partial charge on any atom is -0.303 e. The zero-order valence-electron chi connectivity index (χ0n) is 13.4. The molecule has 0 atom stereocenters. The summed E-state index contributed by atoms with van der Waals surface area (Å²) < 4.78 is 0. The van der Waals surface area contributed by atoms with E-state index in [1.165, 1.54) is 64.6 Å². The first-order chi connectivity index (χ1) is 9.83. The van der Waals surface area contributed by atoms with Gasteiger partial charge >= 0.3 is 0 Å². The van der Waals surface area contributed by atoms with Gasteiger partial charge in [-0.1, -0.05) is 51.0 Å². The van der Waals surface area contributed by atoms with E-state index in [1.807, 2.05) is 0 Å². The standard InChI is InChI=1S/C19H31N/c1-3-5-12-20(13-6-4-2)14-11-17-15-18-9-7-8-10-19(18)16-17/h7-10,17H,3-6,11-16H2,1-2H3. The number of benzene rings is 1. The molecule has 0 fully saturated rings. The van der Waals surface area contributed by atoms with Crippen molar-refractivity contribution in [2.24, 2.45) is 5.92 Å². The summed E-state index contributed by atoms with van der Waals surface area (Å²) in [5, 5.41) is 0. The molecule has 0 aromatic heterocycles. The van der Waals surface area contributed by atoms with Crippen LogP contribution in [0.2, 0.25) is 0 Å². The summed E-state index contributed by atoms with van der Waals surface area (Å²) in [6.45, 7) is 8.50. The third-order valence-corrected chi connectivity index (χ3v) is 4.64. The summed E-state index contributed by atoms with van der Waals surface area (Å²) in [4.78, 5) is 2.70. The Morgan fingerprint density at radius 2 is 1.45 bits per heavy atom. The van der Waals surface area contributed by atoms with Crippen LogP contribution in [0.25, 0.3) is 0 Å². The Hall–Kier alpha value is -0.820. The van der Waals surface area contributed by atoms with E-state index in [0.29, 0.717) is 0 Å². The van der Waals surface area contributed by atoms with Crippen molar-refractivity contribution in [2.45, 2.75) is 58.8 Å². The number of rotatable bonds is 9. The van der Waals surface area contributed by atoms with Gasteiger partial charge in [-0.3, -0.25) is 0 Å². The first-order valence-electron chi connectivity index (χ1n) is 8.62. The van der Waals surface area contributed by atoms with Gasteiger partial charge in [0.15, 0.2) is 0 Å². The molecule has 0 heterocycles. The molecule has 1 nitrogen and oxygen atoms in total. The van der Waals surface area contributed by atoms with Gasteiger partial charge in [-0.05, 0) is 68.8 Å². The molecule has 2 rings (SSSR count). The molecular weight excluding hydrogens is 242 g/mol. The van der Waals surface area contributed by atoms with Crippen LogP contribution in [0.3, 0.4) is 0 Å². The fourth-order valence-electron chi connectivity index (χ4n) is 3.32. The Bertz CT molecular complexity index is 352. The van der Waals surface area contributed by atoms with Gasteiger partial charge in [0.1, 0.15) is 0 Å². The molecule has 0 N–H and O–H groups in total. The number of nitrogens with zero attached hydrogens (tertiary/aromatic N) is 1.